The fourth-order valence-corrected chi connectivity index (χ4v) is 2.67. The van der Waals surface area contributed by atoms with Gasteiger partial charge in [-0.2, -0.15) is 0 Å². The summed E-state index contributed by atoms with van der Waals surface area (Å²) in [5, 5.41) is 2.81. The SMILES string of the molecule is CN(C)CCN1C[C@@H](C(=O)NCc2ccc(F)c(Cl)c2)CC1=O. The number of nitrogens with one attached hydrogen (secondary N) is 1. The third-order valence-electron chi connectivity index (χ3n) is 3.85. The second-order valence-corrected chi connectivity index (χ2v) is 6.42. The molecule has 126 valence electrons. The first-order chi connectivity index (χ1) is 10.9. The van der Waals surface area contributed by atoms with Crippen molar-refractivity contribution in [1.29, 1.82) is 0 Å². The maximum absolute atomic E-state index is 13.1. The van der Waals surface area contributed by atoms with E-state index < -0.39 is 5.82 Å². The average molecular weight is 342 g/mol. The lowest BCUT2D eigenvalue weighted by atomic mass is 10.1. The Morgan fingerprint density at radius 1 is 1.48 bits per heavy atom. The van der Waals surface area contributed by atoms with Crippen LogP contribution in [0, 0.1) is 11.7 Å². The Hall–Kier alpha value is -1.66. The molecule has 1 fully saturated rings. The van der Waals surface area contributed by atoms with Gasteiger partial charge in [0.2, 0.25) is 11.8 Å². The predicted octanol–water partition coefficient (Wildman–Crippen LogP) is 1.51. The zero-order valence-electron chi connectivity index (χ0n) is 13.3. The molecule has 23 heavy (non-hydrogen) atoms. The highest BCUT2D eigenvalue weighted by Gasteiger charge is 2.33. The van der Waals surface area contributed by atoms with Gasteiger partial charge in [-0.05, 0) is 31.8 Å². The van der Waals surface area contributed by atoms with Crippen molar-refractivity contribution < 1.29 is 14.0 Å². The number of rotatable bonds is 6. The van der Waals surface area contributed by atoms with Gasteiger partial charge in [-0.1, -0.05) is 17.7 Å². The number of likely N-dealkylation sites (tertiary alicyclic amines) is 1. The van der Waals surface area contributed by atoms with Crippen LogP contribution >= 0.6 is 11.6 Å². The molecule has 0 bridgehead atoms. The maximum Gasteiger partial charge on any atom is 0.225 e. The van der Waals surface area contributed by atoms with Crippen LogP contribution in [0.3, 0.4) is 0 Å². The summed E-state index contributed by atoms with van der Waals surface area (Å²) in [5.41, 5.74) is 0.721. The minimum atomic E-state index is -0.486. The highest BCUT2D eigenvalue weighted by Crippen LogP contribution is 2.19. The Labute approximate surface area is 140 Å². The monoisotopic (exact) mass is 341 g/mol. The molecule has 1 aliphatic rings. The van der Waals surface area contributed by atoms with Crippen LogP contribution in [0.25, 0.3) is 0 Å². The maximum atomic E-state index is 13.1. The van der Waals surface area contributed by atoms with Gasteiger partial charge in [0.15, 0.2) is 0 Å². The van der Waals surface area contributed by atoms with Gasteiger partial charge in [0, 0.05) is 32.6 Å². The van der Waals surface area contributed by atoms with E-state index in [1.54, 1.807) is 11.0 Å². The van der Waals surface area contributed by atoms with E-state index in [-0.39, 0.29) is 35.7 Å². The lowest BCUT2D eigenvalue weighted by molar-refractivity contribution is -0.129. The van der Waals surface area contributed by atoms with Gasteiger partial charge in [0.25, 0.3) is 0 Å². The number of benzene rings is 1. The molecule has 1 aromatic carbocycles. The summed E-state index contributed by atoms with van der Waals surface area (Å²) >= 11 is 5.71. The summed E-state index contributed by atoms with van der Waals surface area (Å²) in [6.45, 7) is 2.11. The minimum Gasteiger partial charge on any atom is -0.352 e. The van der Waals surface area contributed by atoms with Crippen LogP contribution in [0.1, 0.15) is 12.0 Å². The second kappa shape index (κ2) is 7.75. The molecule has 0 aromatic heterocycles. The van der Waals surface area contributed by atoms with Crippen LogP contribution in [0.5, 0.6) is 0 Å². The zero-order chi connectivity index (χ0) is 17.0. The standard InChI is InChI=1S/C16H21ClFN3O2/c1-20(2)5-6-21-10-12(8-15(21)22)16(23)19-9-11-3-4-14(18)13(17)7-11/h3-4,7,12H,5-6,8-10H2,1-2H3,(H,19,23)/t12-/m0/s1. The Bertz CT molecular complexity index is 595. The van der Waals surface area contributed by atoms with Crippen molar-refractivity contribution >= 4 is 23.4 Å². The van der Waals surface area contributed by atoms with E-state index in [9.17, 15) is 14.0 Å². The fraction of sp³-hybridized carbons (Fsp3) is 0.500. The van der Waals surface area contributed by atoms with E-state index in [0.717, 1.165) is 12.1 Å². The minimum absolute atomic E-state index is 0.0110. The summed E-state index contributed by atoms with van der Waals surface area (Å²) in [4.78, 5) is 27.8. The zero-order valence-corrected chi connectivity index (χ0v) is 14.1. The number of amides is 2. The fourth-order valence-electron chi connectivity index (χ4n) is 2.47. The summed E-state index contributed by atoms with van der Waals surface area (Å²) in [7, 11) is 3.89. The van der Waals surface area contributed by atoms with Crippen LogP contribution in [0.2, 0.25) is 5.02 Å². The van der Waals surface area contributed by atoms with Gasteiger partial charge in [0.05, 0.1) is 10.9 Å². The lowest BCUT2D eigenvalue weighted by Gasteiger charge is -2.19. The van der Waals surface area contributed by atoms with Crippen LogP contribution < -0.4 is 5.32 Å². The predicted molar refractivity (Wildman–Crippen MR) is 86.5 cm³/mol. The lowest BCUT2D eigenvalue weighted by Crippen LogP contribution is -2.35. The van der Waals surface area contributed by atoms with Gasteiger partial charge in [-0.3, -0.25) is 9.59 Å². The first-order valence-corrected chi connectivity index (χ1v) is 7.88. The quantitative estimate of drug-likeness (QED) is 0.853. The van der Waals surface area contributed by atoms with E-state index in [1.165, 1.54) is 12.1 Å². The molecule has 5 nitrogen and oxygen atoms in total. The van der Waals surface area contributed by atoms with E-state index >= 15 is 0 Å². The molecule has 0 unspecified atom stereocenters. The first-order valence-electron chi connectivity index (χ1n) is 7.51. The topological polar surface area (TPSA) is 52.6 Å². The van der Waals surface area contributed by atoms with E-state index in [2.05, 4.69) is 5.32 Å². The third-order valence-corrected chi connectivity index (χ3v) is 4.14. The number of hydrogen-bond acceptors (Lipinski definition) is 3. The van der Waals surface area contributed by atoms with Crippen LogP contribution in [-0.2, 0) is 16.1 Å². The molecule has 1 aliphatic heterocycles. The molecule has 0 saturated carbocycles. The number of carbonyl (C=O) groups is 2. The molecule has 0 aliphatic carbocycles. The molecule has 1 heterocycles. The summed E-state index contributed by atoms with van der Waals surface area (Å²) in [5.74, 6) is -0.969. The molecule has 7 heteroatoms. The summed E-state index contributed by atoms with van der Waals surface area (Å²) in [6.07, 6.45) is 0.240. The van der Waals surface area contributed by atoms with Crippen molar-refractivity contribution in [2.75, 3.05) is 33.7 Å². The van der Waals surface area contributed by atoms with Crippen molar-refractivity contribution in [3.63, 3.8) is 0 Å². The number of carbonyl (C=O) groups excluding carboxylic acids is 2. The van der Waals surface area contributed by atoms with Crippen molar-refractivity contribution in [3.05, 3.63) is 34.6 Å². The van der Waals surface area contributed by atoms with Gasteiger partial charge in [-0.25, -0.2) is 4.39 Å². The van der Waals surface area contributed by atoms with Gasteiger partial charge in [0.1, 0.15) is 5.82 Å². The average Bonchev–Trinajstić information content (AvgIpc) is 2.87. The molecule has 1 aromatic rings. The van der Waals surface area contributed by atoms with Crippen LogP contribution in [-0.4, -0.2) is 55.3 Å². The molecule has 0 spiro atoms. The van der Waals surface area contributed by atoms with Crippen LogP contribution in [0.15, 0.2) is 18.2 Å². The van der Waals surface area contributed by atoms with Crippen molar-refractivity contribution in [2.45, 2.75) is 13.0 Å². The number of halogens is 2. The third kappa shape index (κ3) is 4.91. The largest absolute Gasteiger partial charge is 0.352 e. The van der Waals surface area contributed by atoms with Crippen LogP contribution in [0.4, 0.5) is 4.39 Å². The van der Waals surface area contributed by atoms with Gasteiger partial charge < -0.3 is 15.1 Å². The second-order valence-electron chi connectivity index (χ2n) is 6.01. The summed E-state index contributed by atoms with van der Waals surface area (Å²) < 4.78 is 13.1. The molecule has 1 saturated heterocycles. The Balaban J connectivity index is 1.84. The number of likely N-dealkylation sites (N-methyl/N-ethyl adjacent to an activating group) is 1. The highest BCUT2D eigenvalue weighted by atomic mass is 35.5. The highest BCUT2D eigenvalue weighted by molar-refractivity contribution is 6.30. The van der Waals surface area contributed by atoms with Gasteiger partial charge in [-0.15, -0.1) is 0 Å². The smallest absolute Gasteiger partial charge is 0.225 e. The number of nitrogens with zero attached hydrogens (tertiary/aromatic N) is 2. The Kier molecular flexibility index (Phi) is 5.96. The molecular formula is C16H21ClFN3O2. The molecule has 2 rings (SSSR count). The van der Waals surface area contributed by atoms with Crippen molar-refractivity contribution in [1.82, 2.24) is 15.1 Å². The first kappa shape index (κ1) is 17.7. The molecule has 2 amide bonds. The molecular weight excluding hydrogens is 321 g/mol. The molecule has 0 radical (unpaired) electrons. The summed E-state index contributed by atoms with van der Waals surface area (Å²) in [6, 6.07) is 4.33. The van der Waals surface area contributed by atoms with E-state index in [0.29, 0.717) is 13.1 Å². The molecule has 1 N–H and O–H groups in total. The van der Waals surface area contributed by atoms with E-state index in [1.807, 2.05) is 19.0 Å². The van der Waals surface area contributed by atoms with Gasteiger partial charge >= 0.3 is 0 Å². The Morgan fingerprint density at radius 3 is 2.87 bits per heavy atom. The normalized spacial score (nSPS) is 17.9. The van der Waals surface area contributed by atoms with Crippen molar-refractivity contribution in [2.24, 2.45) is 5.92 Å². The number of hydrogen-bond donors (Lipinski definition) is 1. The Morgan fingerprint density at radius 2 is 2.22 bits per heavy atom. The molecule has 1 atom stereocenters. The van der Waals surface area contributed by atoms with Crippen molar-refractivity contribution in [3.8, 4) is 0 Å². The van der Waals surface area contributed by atoms with E-state index in [4.69, 9.17) is 11.6 Å².